The van der Waals surface area contributed by atoms with Crippen molar-refractivity contribution in [2.75, 3.05) is 12.3 Å². The number of ether oxygens (including phenoxy) is 1. The fourth-order valence-corrected chi connectivity index (χ4v) is 2.33. The Balaban J connectivity index is 2.15. The van der Waals surface area contributed by atoms with Crippen molar-refractivity contribution < 1.29 is 14.9 Å². The molecule has 10 heteroatoms. The first kappa shape index (κ1) is 12.8. The van der Waals surface area contributed by atoms with Crippen LogP contribution in [0.3, 0.4) is 0 Å². The SMILES string of the molecule is Nc1nc2c([nH]c(=[18O])n2[C@H]2C[C@H](O)[C@@H](CO)O2)c(=O)[nH]1. The minimum Gasteiger partial charge on any atom is -0.394 e. The normalized spacial score (nSPS) is 26.4. The zero-order valence-electron chi connectivity index (χ0n) is 10.2. The van der Waals surface area contributed by atoms with Gasteiger partial charge in [-0.2, -0.15) is 4.98 Å². The van der Waals surface area contributed by atoms with E-state index in [0.717, 1.165) is 4.57 Å². The smallest absolute Gasteiger partial charge is 0.329 e. The Bertz CT molecular complexity index is 761. The summed E-state index contributed by atoms with van der Waals surface area (Å²) in [5.41, 5.74) is 4.32. The van der Waals surface area contributed by atoms with Crippen LogP contribution in [-0.2, 0) is 4.74 Å². The highest BCUT2D eigenvalue weighted by Crippen LogP contribution is 2.28. The molecule has 1 saturated heterocycles. The van der Waals surface area contributed by atoms with Crippen LogP contribution in [-0.4, -0.2) is 48.5 Å². The molecule has 10 nitrogen and oxygen atoms in total. The molecule has 1 aliphatic heterocycles. The number of aromatic nitrogens is 4. The molecule has 0 saturated carbocycles. The lowest BCUT2D eigenvalue weighted by atomic mass is 10.2. The Morgan fingerprint density at radius 3 is 2.95 bits per heavy atom. The highest BCUT2D eigenvalue weighted by molar-refractivity contribution is 5.70. The summed E-state index contributed by atoms with van der Waals surface area (Å²) in [6, 6.07) is 0. The number of hydrogen-bond acceptors (Lipinski definition) is 7. The van der Waals surface area contributed by atoms with Crippen molar-refractivity contribution in [2.24, 2.45) is 0 Å². The lowest BCUT2D eigenvalue weighted by Gasteiger charge is -2.12. The van der Waals surface area contributed by atoms with Gasteiger partial charge in [0, 0.05) is 6.42 Å². The quantitative estimate of drug-likeness (QED) is 0.386. The van der Waals surface area contributed by atoms with Crippen molar-refractivity contribution in [3.63, 3.8) is 0 Å². The van der Waals surface area contributed by atoms with Crippen LogP contribution in [0.25, 0.3) is 11.2 Å². The van der Waals surface area contributed by atoms with E-state index >= 15 is 0 Å². The molecular formula is C10H13N5O5. The van der Waals surface area contributed by atoms with Gasteiger partial charge in [-0.1, -0.05) is 0 Å². The average Bonchev–Trinajstić information content (AvgIpc) is 2.89. The molecule has 20 heavy (non-hydrogen) atoms. The molecule has 1 fully saturated rings. The second-order valence-electron chi connectivity index (χ2n) is 4.56. The second kappa shape index (κ2) is 4.44. The lowest BCUT2D eigenvalue weighted by Crippen LogP contribution is -2.25. The minimum absolute atomic E-state index is 0.0188. The molecule has 0 aromatic carbocycles. The maximum Gasteiger partial charge on any atom is 0.329 e. The van der Waals surface area contributed by atoms with Gasteiger partial charge in [-0.05, 0) is 0 Å². The maximum atomic E-state index is 11.9. The third kappa shape index (κ3) is 1.81. The summed E-state index contributed by atoms with van der Waals surface area (Å²) in [5.74, 6) is -0.132. The molecule has 2 aromatic rings. The molecular weight excluding hydrogens is 272 g/mol. The predicted octanol–water partition coefficient (Wildman–Crippen LogP) is -2.36. The van der Waals surface area contributed by atoms with Crippen molar-refractivity contribution in [2.45, 2.75) is 24.9 Å². The van der Waals surface area contributed by atoms with Crippen LogP contribution >= 0.6 is 0 Å². The fraction of sp³-hybridized carbons (Fsp3) is 0.500. The third-order valence-corrected chi connectivity index (χ3v) is 3.27. The van der Waals surface area contributed by atoms with Crippen LogP contribution in [0.5, 0.6) is 0 Å². The van der Waals surface area contributed by atoms with Gasteiger partial charge in [-0.3, -0.25) is 14.8 Å². The number of nitrogen functional groups attached to an aromatic ring is 1. The van der Waals surface area contributed by atoms with Crippen LogP contribution < -0.4 is 17.0 Å². The predicted molar refractivity (Wildman–Crippen MR) is 67.0 cm³/mol. The second-order valence-corrected chi connectivity index (χ2v) is 4.56. The molecule has 2 aromatic heterocycles. The number of fused-ring (bicyclic) bond motifs is 1. The first-order valence-corrected chi connectivity index (χ1v) is 5.95. The van der Waals surface area contributed by atoms with E-state index < -0.39 is 29.7 Å². The summed E-state index contributed by atoms with van der Waals surface area (Å²) in [6.07, 6.45) is -2.40. The molecule has 0 amide bonds. The minimum atomic E-state index is -0.902. The summed E-state index contributed by atoms with van der Waals surface area (Å²) in [6.45, 7) is -0.370. The molecule has 0 aliphatic carbocycles. The molecule has 0 radical (unpaired) electrons. The zero-order chi connectivity index (χ0) is 14.4. The van der Waals surface area contributed by atoms with Gasteiger partial charge < -0.3 is 20.7 Å². The molecule has 0 bridgehead atoms. The van der Waals surface area contributed by atoms with Crippen molar-refractivity contribution in [1.29, 1.82) is 0 Å². The number of H-pyrrole nitrogens is 2. The Morgan fingerprint density at radius 1 is 1.55 bits per heavy atom. The van der Waals surface area contributed by atoms with E-state index in [9.17, 15) is 14.7 Å². The Labute approximate surface area is 110 Å². The number of nitrogens with two attached hydrogens (primary N) is 1. The van der Waals surface area contributed by atoms with Gasteiger partial charge >= 0.3 is 5.69 Å². The number of aliphatic hydroxyl groups is 2. The number of imidazole rings is 1. The molecule has 0 unspecified atom stereocenters. The van der Waals surface area contributed by atoms with Crippen molar-refractivity contribution in [3.05, 3.63) is 20.8 Å². The van der Waals surface area contributed by atoms with Crippen molar-refractivity contribution in [3.8, 4) is 0 Å². The first-order chi connectivity index (χ1) is 9.51. The lowest BCUT2D eigenvalue weighted by molar-refractivity contribution is -0.0441. The van der Waals surface area contributed by atoms with Crippen LogP contribution in [0.15, 0.2) is 9.59 Å². The van der Waals surface area contributed by atoms with Gasteiger partial charge in [0.2, 0.25) is 5.95 Å². The molecule has 3 rings (SSSR count). The van der Waals surface area contributed by atoms with Gasteiger partial charge in [0.05, 0.1) is 12.7 Å². The van der Waals surface area contributed by atoms with Gasteiger partial charge in [0.1, 0.15) is 12.3 Å². The molecule has 3 heterocycles. The number of anilines is 1. The van der Waals surface area contributed by atoms with E-state index in [4.69, 9.17) is 15.6 Å². The molecule has 1 aliphatic rings. The highest BCUT2D eigenvalue weighted by Gasteiger charge is 2.36. The number of nitrogens with zero attached hydrogens (tertiary/aromatic N) is 2. The number of aliphatic hydroxyl groups excluding tert-OH is 2. The van der Waals surface area contributed by atoms with E-state index in [1.54, 1.807) is 0 Å². The summed E-state index contributed by atoms with van der Waals surface area (Å²) < 4.78 is 6.50. The monoisotopic (exact) mass is 285 g/mol. The van der Waals surface area contributed by atoms with Crippen LogP contribution in [0.4, 0.5) is 5.95 Å². The number of aromatic amines is 2. The largest absolute Gasteiger partial charge is 0.394 e. The molecule has 6 N–H and O–H groups in total. The van der Waals surface area contributed by atoms with E-state index in [1.165, 1.54) is 0 Å². The van der Waals surface area contributed by atoms with Crippen molar-refractivity contribution in [1.82, 2.24) is 19.5 Å². The van der Waals surface area contributed by atoms with E-state index in [-0.39, 0.29) is 30.1 Å². The topological polar surface area (TPSA) is 159 Å². The number of rotatable bonds is 2. The van der Waals surface area contributed by atoms with Crippen LogP contribution in [0.1, 0.15) is 12.6 Å². The Morgan fingerprint density at radius 2 is 2.30 bits per heavy atom. The fourth-order valence-electron chi connectivity index (χ4n) is 2.33. The summed E-state index contributed by atoms with van der Waals surface area (Å²) in [5, 5.41) is 18.8. The molecule has 3 atom stereocenters. The van der Waals surface area contributed by atoms with E-state index in [0.29, 0.717) is 0 Å². The van der Waals surface area contributed by atoms with E-state index in [2.05, 4.69) is 15.0 Å². The van der Waals surface area contributed by atoms with Crippen LogP contribution in [0, 0.1) is 0 Å². The van der Waals surface area contributed by atoms with Gasteiger partial charge in [0.15, 0.2) is 11.2 Å². The first-order valence-electron chi connectivity index (χ1n) is 5.95. The summed E-state index contributed by atoms with van der Waals surface area (Å²) in [4.78, 5) is 32.2. The van der Waals surface area contributed by atoms with Gasteiger partial charge in [0.25, 0.3) is 5.56 Å². The summed E-state index contributed by atoms with van der Waals surface area (Å²) >= 11 is 0. The number of hydrogen-bond donors (Lipinski definition) is 5. The van der Waals surface area contributed by atoms with Crippen LogP contribution in [0.2, 0.25) is 0 Å². The van der Waals surface area contributed by atoms with E-state index in [1.807, 2.05) is 0 Å². The summed E-state index contributed by atoms with van der Waals surface area (Å²) in [7, 11) is 0. The Hall–Kier alpha value is -2.17. The zero-order valence-corrected chi connectivity index (χ0v) is 10.2. The highest BCUT2D eigenvalue weighted by atomic mass is 18.1. The third-order valence-electron chi connectivity index (χ3n) is 3.27. The standard InChI is InChI=1S/C10H13N5O5/c11-9-13-7-6(8(18)14-9)12-10(19)15(7)5-1-3(17)4(2-16)20-5/h3-5,16-17H,1-2H2,(H,12,19)(H3,11,13,14,18)/t3-,4+,5+/m0/s1/i19+2. The van der Waals surface area contributed by atoms with Gasteiger partial charge in [-0.15, -0.1) is 0 Å². The average molecular weight is 285 g/mol. The van der Waals surface area contributed by atoms with Crippen molar-refractivity contribution >= 4 is 17.1 Å². The number of nitrogens with one attached hydrogen (secondary N) is 2. The van der Waals surface area contributed by atoms with Gasteiger partial charge in [-0.25, -0.2) is 9.36 Å². The Kier molecular flexibility index (Phi) is 2.85. The molecule has 0 spiro atoms. The molecule has 108 valence electrons. The maximum absolute atomic E-state index is 11.9.